The van der Waals surface area contributed by atoms with E-state index in [1.54, 1.807) is 48.5 Å². The normalized spacial score (nSPS) is 10.2. The first-order valence-corrected chi connectivity index (χ1v) is 8.95. The molecule has 0 bridgehead atoms. The molecule has 0 saturated heterocycles. The molecule has 0 unspecified atom stereocenters. The van der Waals surface area contributed by atoms with Crippen LogP contribution < -0.4 is 16.2 Å². The molecular weight excluding hydrogens is 452 g/mol. The number of carbonyl (C=O) groups is 1. The lowest BCUT2D eigenvalue weighted by Crippen LogP contribution is -2.30. The standard InChI is InChI=1S/C17H12BrClN6O3/c18-13-7-2-1-6-12(13)17(26)24-23-16-14(25(27)28)15(20-9-21-16)22-11-5-3-4-10(19)8-11/h1-9H,(H,24,26)(H2,20,21,22,23). The Hall–Kier alpha value is -3.24. The Morgan fingerprint density at radius 3 is 2.57 bits per heavy atom. The summed E-state index contributed by atoms with van der Waals surface area (Å²) in [5, 5.41) is 14.9. The Kier molecular flexibility index (Phi) is 6.02. The van der Waals surface area contributed by atoms with Crippen molar-refractivity contribution in [1.29, 1.82) is 0 Å². The Balaban J connectivity index is 1.84. The lowest BCUT2D eigenvalue weighted by atomic mass is 10.2. The van der Waals surface area contributed by atoms with Gasteiger partial charge >= 0.3 is 5.69 Å². The van der Waals surface area contributed by atoms with E-state index >= 15 is 0 Å². The van der Waals surface area contributed by atoms with E-state index in [9.17, 15) is 14.9 Å². The van der Waals surface area contributed by atoms with E-state index in [1.807, 2.05) is 0 Å². The zero-order valence-electron chi connectivity index (χ0n) is 14.0. The number of nitro groups is 1. The van der Waals surface area contributed by atoms with Crippen LogP contribution in [0.5, 0.6) is 0 Å². The predicted molar refractivity (Wildman–Crippen MR) is 109 cm³/mol. The maximum atomic E-state index is 12.3. The highest BCUT2D eigenvalue weighted by Gasteiger charge is 2.24. The molecule has 0 aliphatic rings. The SMILES string of the molecule is O=C(NNc1ncnc(Nc2cccc(Cl)c2)c1[N+](=O)[O-])c1ccccc1Br. The molecule has 0 aliphatic heterocycles. The molecule has 2 aromatic carbocycles. The van der Waals surface area contributed by atoms with Gasteiger partial charge in [-0.05, 0) is 46.3 Å². The van der Waals surface area contributed by atoms with Gasteiger partial charge in [-0.25, -0.2) is 9.97 Å². The van der Waals surface area contributed by atoms with Gasteiger partial charge in [0.2, 0.25) is 11.6 Å². The van der Waals surface area contributed by atoms with E-state index in [-0.39, 0.29) is 11.6 Å². The fraction of sp³-hybridized carbons (Fsp3) is 0. The number of benzene rings is 2. The van der Waals surface area contributed by atoms with Gasteiger partial charge in [-0.1, -0.05) is 29.8 Å². The van der Waals surface area contributed by atoms with Crippen LogP contribution >= 0.6 is 27.5 Å². The monoisotopic (exact) mass is 462 g/mol. The molecule has 1 heterocycles. The fourth-order valence-corrected chi connectivity index (χ4v) is 2.92. The largest absolute Gasteiger partial charge is 0.355 e. The summed E-state index contributed by atoms with van der Waals surface area (Å²) in [7, 11) is 0. The number of halogens is 2. The third kappa shape index (κ3) is 4.53. The second-order valence-corrected chi connectivity index (χ2v) is 6.66. The quantitative estimate of drug-likeness (QED) is 0.368. The molecule has 0 saturated carbocycles. The molecule has 28 heavy (non-hydrogen) atoms. The Labute approximate surface area is 172 Å². The van der Waals surface area contributed by atoms with Crippen molar-refractivity contribution in [3.63, 3.8) is 0 Å². The zero-order valence-corrected chi connectivity index (χ0v) is 16.4. The van der Waals surface area contributed by atoms with Crippen molar-refractivity contribution in [1.82, 2.24) is 15.4 Å². The highest BCUT2D eigenvalue weighted by molar-refractivity contribution is 9.10. The third-order valence-electron chi connectivity index (χ3n) is 3.51. The molecule has 1 amide bonds. The number of rotatable bonds is 6. The third-order valence-corrected chi connectivity index (χ3v) is 4.43. The van der Waals surface area contributed by atoms with Crippen LogP contribution in [-0.2, 0) is 0 Å². The van der Waals surface area contributed by atoms with E-state index in [0.29, 0.717) is 20.7 Å². The maximum absolute atomic E-state index is 12.3. The van der Waals surface area contributed by atoms with Crippen molar-refractivity contribution in [2.24, 2.45) is 0 Å². The highest BCUT2D eigenvalue weighted by atomic mass is 79.9. The van der Waals surface area contributed by atoms with Crippen molar-refractivity contribution in [2.75, 3.05) is 10.7 Å². The molecule has 1 aromatic heterocycles. The number of carbonyl (C=O) groups excluding carboxylic acids is 1. The molecule has 9 nitrogen and oxygen atoms in total. The Morgan fingerprint density at radius 2 is 1.86 bits per heavy atom. The van der Waals surface area contributed by atoms with E-state index in [0.717, 1.165) is 6.33 Å². The summed E-state index contributed by atoms with van der Waals surface area (Å²) in [6.45, 7) is 0. The fourth-order valence-electron chi connectivity index (χ4n) is 2.27. The molecule has 0 spiro atoms. The first-order chi connectivity index (χ1) is 13.5. The first kappa shape index (κ1) is 19.5. The molecule has 3 aromatic rings. The van der Waals surface area contributed by atoms with Crippen LogP contribution in [0.2, 0.25) is 5.02 Å². The minimum absolute atomic E-state index is 0.0556. The molecule has 0 aliphatic carbocycles. The lowest BCUT2D eigenvalue weighted by molar-refractivity contribution is -0.383. The minimum atomic E-state index is -0.653. The maximum Gasteiger partial charge on any atom is 0.355 e. The van der Waals surface area contributed by atoms with Crippen LogP contribution in [0.1, 0.15) is 10.4 Å². The van der Waals surface area contributed by atoms with Crippen LogP contribution in [0.25, 0.3) is 0 Å². The van der Waals surface area contributed by atoms with Gasteiger partial charge < -0.3 is 5.32 Å². The van der Waals surface area contributed by atoms with Crippen molar-refractivity contribution in [2.45, 2.75) is 0 Å². The number of hydrazine groups is 1. The van der Waals surface area contributed by atoms with Crippen LogP contribution in [0, 0.1) is 10.1 Å². The number of amides is 1. The van der Waals surface area contributed by atoms with Crippen molar-refractivity contribution in [3.05, 3.63) is 80.0 Å². The van der Waals surface area contributed by atoms with Gasteiger partial charge in [0.25, 0.3) is 5.91 Å². The Bertz CT molecular complexity index is 1050. The second kappa shape index (κ2) is 8.63. The molecule has 0 fully saturated rings. The molecule has 0 radical (unpaired) electrons. The summed E-state index contributed by atoms with van der Waals surface area (Å²) in [5.41, 5.74) is 5.29. The number of anilines is 3. The van der Waals surface area contributed by atoms with Gasteiger partial charge in [-0.2, -0.15) is 0 Å². The molecule has 3 rings (SSSR count). The number of hydrogen-bond donors (Lipinski definition) is 3. The van der Waals surface area contributed by atoms with Crippen LogP contribution in [-0.4, -0.2) is 20.8 Å². The van der Waals surface area contributed by atoms with E-state index in [4.69, 9.17) is 11.6 Å². The van der Waals surface area contributed by atoms with E-state index in [2.05, 4.69) is 42.1 Å². The average molecular weight is 464 g/mol. The highest BCUT2D eigenvalue weighted by Crippen LogP contribution is 2.31. The molecular formula is C17H12BrClN6O3. The minimum Gasteiger partial charge on any atom is -0.334 e. The summed E-state index contributed by atoms with van der Waals surface area (Å²) in [5.74, 6) is -0.727. The second-order valence-electron chi connectivity index (χ2n) is 5.37. The summed E-state index contributed by atoms with van der Waals surface area (Å²) in [6.07, 6.45) is 1.13. The zero-order chi connectivity index (χ0) is 20.1. The van der Waals surface area contributed by atoms with Crippen molar-refractivity contribution in [3.8, 4) is 0 Å². The number of nitrogens with one attached hydrogen (secondary N) is 3. The van der Waals surface area contributed by atoms with Gasteiger partial charge in [0, 0.05) is 15.2 Å². The molecule has 142 valence electrons. The van der Waals surface area contributed by atoms with Gasteiger partial charge in [-0.15, -0.1) is 0 Å². The summed E-state index contributed by atoms with van der Waals surface area (Å²) >= 11 is 9.20. The topological polar surface area (TPSA) is 122 Å². The van der Waals surface area contributed by atoms with E-state index < -0.39 is 16.5 Å². The van der Waals surface area contributed by atoms with Gasteiger partial charge in [0.15, 0.2) is 0 Å². The molecule has 0 atom stereocenters. The summed E-state index contributed by atoms with van der Waals surface area (Å²) in [6, 6.07) is 13.4. The average Bonchev–Trinajstić information content (AvgIpc) is 2.66. The summed E-state index contributed by atoms with van der Waals surface area (Å²) < 4.78 is 0.579. The van der Waals surface area contributed by atoms with Crippen LogP contribution in [0.4, 0.5) is 23.0 Å². The van der Waals surface area contributed by atoms with Crippen molar-refractivity contribution < 1.29 is 9.72 Å². The van der Waals surface area contributed by atoms with Crippen molar-refractivity contribution >= 4 is 56.4 Å². The molecule has 3 N–H and O–H groups in total. The number of aromatic nitrogens is 2. The predicted octanol–water partition coefficient (Wildman–Crippen LogP) is 4.30. The van der Waals surface area contributed by atoms with E-state index in [1.165, 1.54) is 0 Å². The first-order valence-electron chi connectivity index (χ1n) is 7.78. The number of nitrogens with zero attached hydrogens (tertiary/aromatic N) is 3. The van der Waals surface area contributed by atoms with Gasteiger partial charge in [0.1, 0.15) is 6.33 Å². The summed E-state index contributed by atoms with van der Waals surface area (Å²) in [4.78, 5) is 31.0. The van der Waals surface area contributed by atoms with Gasteiger partial charge in [0.05, 0.1) is 10.5 Å². The number of hydrogen-bond acceptors (Lipinski definition) is 7. The van der Waals surface area contributed by atoms with Crippen LogP contribution in [0.3, 0.4) is 0 Å². The smallest absolute Gasteiger partial charge is 0.334 e. The van der Waals surface area contributed by atoms with Gasteiger partial charge in [-0.3, -0.25) is 25.8 Å². The van der Waals surface area contributed by atoms with Crippen LogP contribution in [0.15, 0.2) is 59.3 Å². The Morgan fingerprint density at radius 1 is 1.11 bits per heavy atom. The lowest BCUT2D eigenvalue weighted by Gasteiger charge is -2.11. The molecule has 11 heteroatoms.